The SMILES string of the molecule is CC(C)OCCS(=O)(=O)N(CCCN)c1ccc(F)cc1. The van der Waals surface area contributed by atoms with Crippen molar-refractivity contribution in [2.75, 3.05) is 29.8 Å². The second-order valence-electron chi connectivity index (χ2n) is 4.93. The maximum atomic E-state index is 13.0. The van der Waals surface area contributed by atoms with Gasteiger partial charge in [0.05, 0.1) is 24.2 Å². The van der Waals surface area contributed by atoms with Crippen LogP contribution in [0.15, 0.2) is 24.3 Å². The van der Waals surface area contributed by atoms with Crippen LogP contribution in [0.1, 0.15) is 20.3 Å². The molecule has 1 aromatic carbocycles. The van der Waals surface area contributed by atoms with E-state index in [0.717, 1.165) is 0 Å². The molecule has 0 spiro atoms. The Kier molecular flexibility index (Phi) is 7.07. The third-order valence-corrected chi connectivity index (χ3v) is 4.56. The highest BCUT2D eigenvalue weighted by molar-refractivity contribution is 7.92. The molecule has 0 saturated carbocycles. The molecule has 0 saturated heterocycles. The van der Waals surface area contributed by atoms with E-state index >= 15 is 0 Å². The van der Waals surface area contributed by atoms with Gasteiger partial charge in [0.15, 0.2) is 0 Å². The highest BCUT2D eigenvalue weighted by Gasteiger charge is 2.22. The Morgan fingerprint density at radius 2 is 1.90 bits per heavy atom. The number of benzene rings is 1. The summed E-state index contributed by atoms with van der Waals surface area (Å²) >= 11 is 0. The normalized spacial score (nSPS) is 11.9. The molecule has 2 N–H and O–H groups in total. The van der Waals surface area contributed by atoms with E-state index in [4.69, 9.17) is 10.5 Å². The zero-order chi connectivity index (χ0) is 15.9. The fourth-order valence-corrected chi connectivity index (χ4v) is 3.15. The van der Waals surface area contributed by atoms with Crippen molar-refractivity contribution in [3.05, 3.63) is 30.1 Å². The lowest BCUT2D eigenvalue weighted by atomic mass is 10.3. The Hall–Kier alpha value is -1.18. The lowest BCUT2D eigenvalue weighted by molar-refractivity contribution is 0.0912. The Morgan fingerprint density at radius 1 is 1.29 bits per heavy atom. The van der Waals surface area contributed by atoms with Gasteiger partial charge in [-0.3, -0.25) is 4.31 Å². The van der Waals surface area contributed by atoms with Gasteiger partial charge in [-0.05, 0) is 51.1 Å². The van der Waals surface area contributed by atoms with Crippen LogP contribution in [-0.2, 0) is 14.8 Å². The van der Waals surface area contributed by atoms with Crippen LogP contribution in [0.4, 0.5) is 10.1 Å². The molecular formula is C14H23FN2O3S. The van der Waals surface area contributed by atoms with Crippen LogP contribution in [-0.4, -0.2) is 40.0 Å². The summed E-state index contributed by atoms with van der Waals surface area (Å²) in [5, 5.41) is 0. The molecule has 0 aliphatic heterocycles. The first-order valence-electron chi connectivity index (χ1n) is 6.94. The van der Waals surface area contributed by atoms with Crippen LogP contribution in [0.5, 0.6) is 0 Å². The first-order valence-corrected chi connectivity index (χ1v) is 8.55. The number of sulfonamides is 1. The summed E-state index contributed by atoms with van der Waals surface area (Å²) in [5.74, 6) is -0.522. The molecule has 1 aromatic rings. The fourth-order valence-electron chi connectivity index (χ4n) is 1.77. The molecular weight excluding hydrogens is 295 g/mol. The molecule has 1 rings (SSSR count). The van der Waals surface area contributed by atoms with Gasteiger partial charge in [-0.25, -0.2) is 12.8 Å². The van der Waals surface area contributed by atoms with Gasteiger partial charge in [0.2, 0.25) is 10.0 Å². The van der Waals surface area contributed by atoms with Crippen LogP contribution in [0.2, 0.25) is 0 Å². The molecule has 0 radical (unpaired) electrons. The quantitative estimate of drug-likeness (QED) is 0.753. The number of rotatable bonds is 9. The van der Waals surface area contributed by atoms with Crippen molar-refractivity contribution < 1.29 is 17.5 Å². The number of ether oxygens (including phenoxy) is 1. The second kappa shape index (κ2) is 8.31. The largest absolute Gasteiger partial charge is 0.378 e. The van der Waals surface area contributed by atoms with E-state index in [1.54, 1.807) is 0 Å². The lowest BCUT2D eigenvalue weighted by Crippen LogP contribution is -2.36. The first-order chi connectivity index (χ1) is 9.86. The van der Waals surface area contributed by atoms with E-state index in [9.17, 15) is 12.8 Å². The fraction of sp³-hybridized carbons (Fsp3) is 0.571. The van der Waals surface area contributed by atoms with Crippen LogP contribution in [0.25, 0.3) is 0 Å². The predicted molar refractivity (Wildman–Crippen MR) is 82.3 cm³/mol. The summed E-state index contributed by atoms with van der Waals surface area (Å²) < 4.78 is 44.4. The van der Waals surface area contributed by atoms with Crippen molar-refractivity contribution in [2.24, 2.45) is 5.73 Å². The van der Waals surface area contributed by atoms with Crippen molar-refractivity contribution in [3.8, 4) is 0 Å². The molecule has 0 aromatic heterocycles. The summed E-state index contributed by atoms with van der Waals surface area (Å²) in [6.07, 6.45) is 0.505. The van der Waals surface area contributed by atoms with Gasteiger partial charge in [0.1, 0.15) is 5.82 Å². The molecule has 0 unspecified atom stereocenters. The molecule has 5 nitrogen and oxygen atoms in total. The van der Waals surface area contributed by atoms with E-state index in [0.29, 0.717) is 18.7 Å². The Balaban J connectivity index is 2.87. The minimum absolute atomic E-state index is 0.0245. The molecule has 7 heteroatoms. The van der Waals surface area contributed by atoms with E-state index in [1.165, 1.54) is 28.6 Å². The van der Waals surface area contributed by atoms with Crippen molar-refractivity contribution in [1.82, 2.24) is 0 Å². The molecule has 0 fully saturated rings. The van der Waals surface area contributed by atoms with Crippen molar-refractivity contribution in [3.63, 3.8) is 0 Å². The van der Waals surface area contributed by atoms with Crippen LogP contribution in [0.3, 0.4) is 0 Å². The van der Waals surface area contributed by atoms with Crippen molar-refractivity contribution in [2.45, 2.75) is 26.4 Å². The Bertz CT molecular complexity index is 518. The maximum Gasteiger partial charge on any atom is 0.237 e. The highest BCUT2D eigenvalue weighted by atomic mass is 32.2. The summed E-state index contributed by atoms with van der Waals surface area (Å²) in [5.41, 5.74) is 5.90. The average Bonchev–Trinajstić information content (AvgIpc) is 2.40. The summed E-state index contributed by atoms with van der Waals surface area (Å²) in [6, 6.07) is 5.38. The second-order valence-corrected chi connectivity index (χ2v) is 6.94. The van der Waals surface area contributed by atoms with Gasteiger partial charge in [0.25, 0.3) is 0 Å². The van der Waals surface area contributed by atoms with Crippen LogP contribution < -0.4 is 10.0 Å². The third-order valence-electron chi connectivity index (χ3n) is 2.81. The molecule has 120 valence electrons. The molecule has 0 atom stereocenters. The number of hydrogen-bond donors (Lipinski definition) is 1. The predicted octanol–water partition coefficient (Wildman–Crippen LogP) is 1.74. The molecule has 21 heavy (non-hydrogen) atoms. The van der Waals surface area contributed by atoms with E-state index in [-0.39, 0.29) is 25.0 Å². The van der Waals surface area contributed by atoms with Gasteiger partial charge < -0.3 is 10.5 Å². The smallest absolute Gasteiger partial charge is 0.237 e. The third kappa shape index (κ3) is 5.99. The van der Waals surface area contributed by atoms with E-state index in [1.807, 2.05) is 13.8 Å². The molecule has 0 aliphatic rings. The minimum Gasteiger partial charge on any atom is -0.378 e. The maximum absolute atomic E-state index is 13.0. The molecule has 0 aliphatic carbocycles. The lowest BCUT2D eigenvalue weighted by Gasteiger charge is -2.24. The van der Waals surface area contributed by atoms with Crippen LogP contribution in [0, 0.1) is 5.82 Å². The van der Waals surface area contributed by atoms with Gasteiger partial charge in [-0.2, -0.15) is 0 Å². The first kappa shape index (κ1) is 17.9. The molecule has 0 heterocycles. The molecule has 0 amide bonds. The van der Waals surface area contributed by atoms with Gasteiger partial charge in [0, 0.05) is 6.54 Å². The zero-order valence-corrected chi connectivity index (χ0v) is 13.3. The monoisotopic (exact) mass is 318 g/mol. The summed E-state index contributed by atoms with van der Waals surface area (Å²) in [4.78, 5) is 0. The Morgan fingerprint density at radius 3 is 2.43 bits per heavy atom. The number of nitrogens with zero attached hydrogens (tertiary/aromatic N) is 1. The minimum atomic E-state index is -3.53. The highest BCUT2D eigenvalue weighted by Crippen LogP contribution is 2.19. The summed E-state index contributed by atoms with van der Waals surface area (Å²) in [6.45, 7) is 4.47. The zero-order valence-electron chi connectivity index (χ0n) is 12.5. The number of halogens is 1. The van der Waals surface area contributed by atoms with Crippen LogP contribution >= 0.6 is 0 Å². The summed E-state index contributed by atoms with van der Waals surface area (Å²) in [7, 11) is -3.53. The van der Waals surface area contributed by atoms with Gasteiger partial charge in [-0.1, -0.05) is 0 Å². The number of nitrogens with two attached hydrogens (primary N) is 1. The number of hydrogen-bond acceptors (Lipinski definition) is 4. The van der Waals surface area contributed by atoms with E-state index < -0.39 is 15.8 Å². The molecule has 0 bridgehead atoms. The van der Waals surface area contributed by atoms with E-state index in [2.05, 4.69) is 0 Å². The van der Waals surface area contributed by atoms with Gasteiger partial charge in [-0.15, -0.1) is 0 Å². The average molecular weight is 318 g/mol. The van der Waals surface area contributed by atoms with Gasteiger partial charge >= 0.3 is 0 Å². The Labute approximate surface area is 125 Å². The van der Waals surface area contributed by atoms with Crippen molar-refractivity contribution >= 4 is 15.7 Å². The standard InChI is InChI=1S/C14H23FN2O3S/c1-12(2)20-10-11-21(18,19)17(9-3-8-16)14-6-4-13(15)5-7-14/h4-7,12H,3,8-11,16H2,1-2H3. The topological polar surface area (TPSA) is 72.6 Å². The van der Waals surface area contributed by atoms with Crippen molar-refractivity contribution in [1.29, 1.82) is 0 Å². The number of anilines is 1.